The average Bonchev–Trinajstić information content (AvgIpc) is 3.34. The van der Waals surface area contributed by atoms with Crippen molar-refractivity contribution in [2.45, 2.75) is 38.9 Å². The van der Waals surface area contributed by atoms with E-state index in [1.54, 1.807) is 22.1 Å². The van der Waals surface area contributed by atoms with Gasteiger partial charge in [-0.2, -0.15) is 5.26 Å². The molecule has 8 nitrogen and oxygen atoms in total. The number of aryl methyl sites for hydroxylation is 1. The summed E-state index contributed by atoms with van der Waals surface area (Å²) in [6, 6.07) is 17.4. The van der Waals surface area contributed by atoms with Crippen LogP contribution in [0.15, 0.2) is 58.7 Å². The van der Waals surface area contributed by atoms with Gasteiger partial charge in [-0.3, -0.25) is 14.2 Å². The summed E-state index contributed by atoms with van der Waals surface area (Å²) in [7, 11) is 0. The Kier molecular flexibility index (Phi) is 7.04. The Morgan fingerprint density at radius 2 is 2.03 bits per heavy atom. The van der Waals surface area contributed by atoms with E-state index in [1.165, 1.54) is 11.3 Å². The topological polar surface area (TPSA) is 117 Å². The lowest BCUT2D eigenvalue weighted by Crippen LogP contribution is -2.45. The summed E-state index contributed by atoms with van der Waals surface area (Å²) in [5.41, 5.74) is 10.2. The van der Waals surface area contributed by atoms with Gasteiger partial charge in [-0.1, -0.05) is 48.0 Å². The van der Waals surface area contributed by atoms with Crippen molar-refractivity contribution < 1.29 is 4.79 Å². The third-order valence-corrected chi connectivity index (χ3v) is 7.64. The number of benzene rings is 2. The van der Waals surface area contributed by atoms with Gasteiger partial charge in [0.15, 0.2) is 0 Å². The van der Waals surface area contributed by atoms with Crippen molar-refractivity contribution in [1.82, 2.24) is 14.9 Å². The highest BCUT2D eigenvalue weighted by molar-refractivity contribution is 7.17. The Hall–Kier alpha value is -4.00. The number of nitrogens with one attached hydrogen (secondary N) is 1. The number of nitriles is 1. The van der Waals surface area contributed by atoms with Crippen LogP contribution in [0.3, 0.4) is 0 Å². The van der Waals surface area contributed by atoms with Crippen LogP contribution >= 0.6 is 11.3 Å². The predicted molar refractivity (Wildman–Crippen MR) is 146 cm³/mol. The summed E-state index contributed by atoms with van der Waals surface area (Å²) in [6.45, 7) is 3.89. The van der Waals surface area contributed by atoms with Crippen molar-refractivity contribution in [3.05, 3.63) is 92.1 Å². The second kappa shape index (κ2) is 10.5. The van der Waals surface area contributed by atoms with E-state index in [1.807, 2.05) is 48.2 Å². The highest BCUT2D eigenvalue weighted by Crippen LogP contribution is 2.26. The van der Waals surface area contributed by atoms with Crippen molar-refractivity contribution >= 4 is 33.4 Å². The minimum absolute atomic E-state index is 0.0269. The summed E-state index contributed by atoms with van der Waals surface area (Å²) in [5.74, 6) is 0.207. The molecule has 1 atom stereocenters. The number of hydrogen-bond acceptors (Lipinski definition) is 7. The Balaban J connectivity index is 1.55. The van der Waals surface area contributed by atoms with Crippen LogP contribution in [0.25, 0.3) is 10.2 Å². The number of thiophene rings is 1. The fourth-order valence-electron chi connectivity index (χ4n) is 4.65. The van der Waals surface area contributed by atoms with Gasteiger partial charge >= 0.3 is 0 Å². The highest BCUT2D eigenvalue weighted by Gasteiger charge is 2.25. The molecule has 0 bridgehead atoms. The Morgan fingerprint density at radius 1 is 1.24 bits per heavy atom. The first-order valence-electron chi connectivity index (χ1n) is 12.3. The first-order valence-corrected chi connectivity index (χ1v) is 13.2. The number of nitrogens with two attached hydrogens (primary N) is 1. The zero-order valence-corrected chi connectivity index (χ0v) is 21.4. The van der Waals surface area contributed by atoms with Crippen molar-refractivity contribution in [2.75, 3.05) is 18.0 Å². The first-order chi connectivity index (χ1) is 17.9. The van der Waals surface area contributed by atoms with Crippen LogP contribution in [-0.4, -0.2) is 34.6 Å². The Bertz CT molecular complexity index is 1550. The van der Waals surface area contributed by atoms with Gasteiger partial charge in [-0.25, -0.2) is 4.98 Å². The summed E-state index contributed by atoms with van der Waals surface area (Å²) in [5, 5.41) is 14.2. The number of carbonyl (C=O) groups excluding carboxylic acids is 1. The number of rotatable bonds is 6. The summed E-state index contributed by atoms with van der Waals surface area (Å²) in [6.07, 6.45) is 1.79. The van der Waals surface area contributed by atoms with Crippen LogP contribution in [0, 0.1) is 18.3 Å². The maximum Gasteiger partial charge on any atom is 0.273 e. The molecule has 37 heavy (non-hydrogen) atoms. The van der Waals surface area contributed by atoms with Gasteiger partial charge in [0, 0.05) is 31.1 Å². The van der Waals surface area contributed by atoms with E-state index in [2.05, 4.69) is 11.4 Å². The molecule has 1 saturated heterocycles. The van der Waals surface area contributed by atoms with Gasteiger partial charge in [0.05, 0.1) is 23.7 Å². The van der Waals surface area contributed by atoms with Gasteiger partial charge in [0.25, 0.3) is 11.5 Å². The molecule has 188 valence electrons. The summed E-state index contributed by atoms with van der Waals surface area (Å²) >= 11 is 1.22. The van der Waals surface area contributed by atoms with Crippen LogP contribution in [-0.2, 0) is 13.1 Å². The van der Waals surface area contributed by atoms with Crippen molar-refractivity contribution in [3.63, 3.8) is 0 Å². The quantitative estimate of drug-likeness (QED) is 0.408. The monoisotopic (exact) mass is 512 g/mol. The Labute approximate surface area is 219 Å². The second-order valence-corrected chi connectivity index (χ2v) is 10.3. The number of amides is 1. The number of anilines is 1. The molecule has 1 aliphatic rings. The molecule has 0 saturated carbocycles. The Morgan fingerprint density at radius 3 is 2.78 bits per heavy atom. The molecule has 1 amide bonds. The lowest BCUT2D eigenvalue weighted by atomic mass is 10.1. The molecule has 1 aliphatic heterocycles. The third kappa shape index (κ3) is 5.12. The van der Waals surface area contributed by atoms with Crippen molar-refractivity contribution in [1.29, 1.82) is 5.26 Å². The second-order valence-electron chi connectivity index (χ2n) is 9.42. The van der Waals surface area contributed by atoms with E-state index in [0.29, 0.717) is 46.9 Å². The van der Waals surface area contributed by atoms with Crippen LogP contribution in [0.2, 0.25) is 0 Å². The lowest BCUT2D eigenvalue weighted by Gasteiger charge is -2.33. The van der Waals surface area contributed by atoms with Crippen LogP contribution in [0.1, 0.15) is 45.5 Å². The maximum atomic E-state index is 13.8. The molecule has 9 heteroatoms. The normalized spacial score (nSPS) is 15.5. The molecule has 3 N–H and O–H groups in total. The van der Waals surface area contributed by atoms with Gasteiger partial charge in [-0.05, 0) is 37.0 Å². The third-order valence-electron chi connectivity index (χ3n) is 6.68. The van der Waals surface area contributed by atoms with Gasteiger partial charge in [0.2, 0.25) is 5.95 Å². The highest BCUT2D eigenvalue weighted by atomic mass is 32.1. The standard InChI is InChI=1S/C28H28N6O2S/c1-18-8-10-19(11-9-18)14-31-26(35)23-17-37-25-24(23)32-28(33-12-4-7-22(30)16-33)34(27(25)36)15-21-6-3-2-5-20(21)13-29/h2-3,5-6,8-11,17,22H,4,7,12,14-16,30H2,1H3,(H,31,35). The fraction of sp³-hybridized carbons (Fsp3) is 0.286. The molecular formula is C28H28N6O2S. The smallest absolute Gasteiger partial charge is 0.273 e. The van der Waals surface area contributed by atoms with Gasteiger partial charge in [0.1, 0.15) is 10.2 Å². The number of piperidine rings is 1. The SMILES string of the molecule is Cc1ccc(CNC(=O)c2csc3c(=O)n(Cc4ccccc4C#N)c(N4CCCC(N)C4)nc23)cc1. The number of aromatic nitrogens is 2. The molecule has 3 heterocycles. The number of fused-ring (bicyclic) bond motifs is 1. The van der Waals surface area contributed by atoms with Crippen LogP contribution in [0.4, 0.5) is 5.95 Å². The minimum Gasteiger partial charge on any atom is -0.348 e. The molecule has 0 aliphatic carbocycles. The van der Waals surface area contributed by atoms with Gasteiger partial charge in [-0.15, -0.1) is 11.3 Å². The van der Waals surface area contributed by atoms with E-state index >= 15 is 0 Å². The van der Waals surface area contributed by atoms with E-state index in [4.69, 9.17) is 10.7 Å². The summed E-state index contributed by atoms with van der Waals surface area (Å²) < 4.78 is 2.03. The van der Waals surface area contributed by atoms with Gasteiger partial charge < -0.3 is 16.0 Å². The molecule has 0 spiro atoms. The van der Waals surface area contributed by atoms with Crippen molar-refractivity contribution in [2.24, 2.45) is 5.73 Å². The molecule has 2 aromatic carbocycles. The predicted octanol–water partition coefficient (Wildman–Crippen LogP) is 3.54. The first kappa shape index (κ1) is 24.7. The minimum atomic E-state index is -0.271. The molecular weight excluding hydrogens is 484 g/mol. The van der Waals surface area contributed by atoms with E-state index in [0.717, 1.165) is 29.5 Å². The van der Waals surface area contributed by atoms with Crippen LogP contribution in [0.5, 0.6) is 0 Å². The summed E-state index contributed by atoms with van der Waals surface area (Å²) in [4.78, 5) is 33.8. The molecule has 2 aromatic heterocycles. The van der Waals surface area contributed by atoms with E-state index < -0.39 is 0 Å². The molecule has 4 aromatic rings. The molecule has 1 unspecified atom stereocenters. The number of nitrogens with zero attached hydrogens (tertiary/aromatic N) is 4. The number of hydrogen-bond donors (Lipinski definition) is 2. The lowest BCUT2D eigenvalue weighted by molar-refractivity contribution is 0.0952. The average molecular weight is 513 g/mol. The molecule has 5 rings (SSSR count). The molecule has 1 fully saturated rings. The zero-order valence-electron chi connectivity index (χ0n) is 20.6. The zero-order chi connectivity index (χ0) is 25.9. The van der Waals surface area contributed by atoms with E-state index in [-0.39, 0.29) is 24.1 Å². The fourth-order valence-corrected chi connectivity index (χ4v) is 5.58. The maximum absolute atomic E-state index is 13.8. The number of carbonyl (C=O) groups is 1. The largest absolute Gasteiger partial charge is 0.348 e. The molecule has 0 radical (unpaired) electrons. The van der Waals surface area contributed by atoms with Crippen molar-refractivity contribution in [3.8, 4) is 6.07 Å². The van der Waals surface area contributed by atoms with Crippen LogP contribution < -0.4 is 21.5 Å². The van der Waals surface area contributed by atoms with E-state index in [9.17, 15) is 14.9 Å².